The van der Waals surface area contributed by atoms with Gasteiger partial charge in [-0.15, -0.1) is 0 Å². The zero-order valence-electron chi connectivity index (χ0n) is 10.4. The Morgan fingerprint density at radius 3 is 2.69 bits per heavy atom. The van der Waals surface area contributed by atoms with Gasteiger partial charge in [-0.3, -0.25) is 14.5 Å². The summed E-state index contributed by atoms with van der Waals surface area (Å²) in [6.45, 7) is 5.58. The lowest BCUT2D eigenvalue weighted by atomic mass is 10.0. The van der Waals surface area contributed by atoms with Crippen molar-refractivity contribution in [1.82, 2.24) is 9.80 Å². The van der Waals surface area contributed by atoms with Crippen LogP contribution in [0.3, 0.4) is 0 Å². The van der Waals surface area contributed by atoms with E-state index in [1.165, 1.54) is 7.11 Å². The van der Waals surface area contributed by atoms with Gasteiger partial charge in [-0.25, -0.2) is 0 Å². The summed E-state index contributed by atoms with van der Waals surface area (Å²) in [6, 6.07) is -0.167. The fraction of sp³-hybridized carbons (Fsp3) is 0.818. The van der Waals surface area contributed by atoms with E-state index in [-0.39, 0.29) is 30.4 Å². The smallest absolute Gasteiger partial charge is 0.307 e. The second kappa shape index (κ2) is 5.30. The predicted octanol–water partition coefficient (Wildman–Crippen LogP) is 0.101. The van der Waals surface area contributed by atoms with Crippen LogP contribution in [0.5, 0.6) is 0 Å². The maximum Gasteiger partial charge on any atom is 0.307 e. The first kappa shape index (κ1) is 13.0. The zero-order chi connectivity index (χ0) is 12.3. The number of carbonyl (C=O) groups is 2. The van der Waals surface area contributed by atoms with Crippen LogP contribution in [0.1, 0.15) is 20.3 Å². The number of carbonyl (C=O) groups excluding carboxylic acids is 2. The van der Waals surface area contributed by atoms with Gasteiger partial charge in [0.05, 0.1) is 19.6 Å². The van der Waals surface area contributed by atoms with Gasteiger partial charge >= 0.3 is 5.97 Å². The van der Waals surface area contributed by atoms with Crippen molar-refractivity contribution in [3.05, 3.63) is 0 Å². The lowest BCUT2D eigenvalue weighted by Crippen LogP contribution is -2.59. The molecule has 0 radical (unpaired) electrons. The first-order valence-corrected chi connectivity index (χ1v) is 5.58. The molecule has 0 aromatic carbocycles. The molecule has 0 spiro atoms. The number of amides is 1. The number of piperazine rings is 1. The molecule has 5 nitrogen and oxygen atoms in total. The lowest BCUT2D eigenvalue weighted by molar-refractivity contribution is -0.152. The van der Waals surface area contributed by atoms with E-state index in [1.807, 2.05) is 18.7 Å². The minimum Gasteiger partial charge on any atom is -0.469 e. The molecule has 1 rings (SSSR count). The number of nitrogens with zero attached hydrogens (tertiary/aromatic N) is 2. The molecule has 1 amide bonds. The summed E-state index contributed by atoms with van der Waals surface area (Å²) in [4.78, 5) is 27.0. The minimum atomic E-state index is -0.362. The fourth-order valence-electron chi connectivity index (χ4n) is 2.00. The lowest BCUT2D eigenvalue weighted by Gasteiger charge is -2.42. The van der Waals surface area contributed by atoms with Crippen molar-refractivity contribution in [2.24, 2.45) is 0 Å². The zero-order valence-corrected chi connectivity index (χ0v) is 10.4. The van der Waals surface area contributed by atoms with Crippen LogP contribution in [0.25, 0.3) is 0 Å². The van der Waals surface area contributed by atoms with Crippen LogP contribution in [0.4, 0.5) is 0 Å². The van der Waals surface area contributed by atoms with Crippen LogP contribution in [-0.4, -0.2) is 61.0 Å². The second-order valence-corrected chi connectivity index (χ2v) is 4.18. The van der Waals surface area contributed by atoms with Crippen molar-refractivity contribution >= 4 is 11.9 Å². The highest BCUT2D eigenvalue weighted by Gasteiger charge is 2.37. The third kappa shape index (κ3) is 2.52. The average Bonchev–Trinajstić information content (AvgIpc) is 2.29. The summed E-state index contributed by atoms with van der Waals surface area (Å²) >= 11 is 0. The molecule has 2 unspecified atom stereocenters. The third-order valence-corrected chi connectivity index (χ3v) is 3.23. The number of rotatable bonds is 3. The molecule has 1 fully saturated rings. The standard InChI is InChI=1S/C11H20N2O3/c1-5-13-7-8(2)12(3)11(15)9(13)6-10(14)16-4/h8-9H,5-7H2,1-4H3. The van der Waals surface area contributed by atoms with Gasteiger partial charge in [-0.05, 0) is 13.5 Å². The topological polar surface area (TPSA) is 49.9 Å². The van der Waals surface area contributed by atoms with Crippen LogP contribution in [0, 0.1) is 0 Å². The fourth-order valence-corrected chi connectivity index (χ4v) is 2.00. The van der Waals surface area contributed by atoms with Crippen LogP contribution >= 0.6 is 0 Å². The van der Waals surface area contributed by atoms with Crippen molar-refractivity contribution in [3.8, 4) is 0 Å². The van der Waals surface area contributed by atoms with Gasteiger partial charge in [0.1, 0.15) is 0 Å². The highest BCUT2D eigenvalue weighted by molar-refractivity contribution is 5.87. The van der Waals surface area contributed by atoms with Gasteiger partial charge in [0.15, 0.2) is 0 Å². The Balaban J connectivity index is 2.77. The van der Waals surface area contributed by atoms with Gasteiger partial charge < -0.3 is 9.64 Å². The molecule has 92 valence electrons. The number of ether oxygens (including phenoxy) is 1. The summed E-state index contributed by atoms with van der Waals surface area (Å²) in [5, 5.41) is 0. The maximum absolute atomic E-state index is 12.0. The van der Waals surface area contributed by atoms with E-state index in [0.717, 1.165) is 13.1 Å². The Morgan fingerprint density at radius 1 is 1.56 bits per heavy atom. The van der Waals surface area contributed by atoms with Crippen LogP contribution in [0.15, 0.2) is 0 Å². The molecule has 1 aliphatic rings. The monoisotopic (exact) mass is 228 g/mol. The molecule has 1 aliphatic heterocycles. The van der Waals surface area contributed by atoms with Crippen molar-refractivity contribution in [3.63, 3.8) is 0 Å². The number of methoxy groups -OCH3 is 1. The quantitative estimate of drug-likeness (QED) is 0.643. The number of hydrogen-bond acceptors (Lipinski definition) is 4. The van der Waals surface area contributed by atoms with Crippen molar-refractivity contribution < 1.29 is 14.3 Å². The third-order valence-electron chi connectivity index (χ3n) is 3.23. The molecule has 0 saturated carbocycles. The molecule has 2 atom stereocenters. The van der Waals surface area contributed by atoms with Crippen LogP contribution in [0.2, 0.25) is 0 Å². The highest BCUT2D eigenvalue weighted by Crippen LogP contribution is 2.17. The highest BCUT2D eigenvalue weighted by atomic mass is 16.5. The Kier molecular flexibility index (Phi) is 4.29. The Bertz CT molecular complexity index is 280. The molecule has 0 aromatic heterocycles. The maximum atomic E-state index is 12.0. The number of hydrogen-bond donors (Lipinski definition) is 0. The van der Waals surface area contributed by atoms with E-state index in [1.54, 1.807) is 11.9 Å². The molecule has 0 bridgehead atoms. The van der Waals surface area contributed by atoms with E-state index in [0.29, 0.717) is 0 Å². The number of esters is 1. The first-order valence-electron chi connectivity index (χ1n) is 5.58. The summed E-state index contributed by atoms with van der Waals surface area (Å²) in [5.74, 6) is -0.328. The Morgan fingerprint density at radius 2 is 2.19 bits per heavy atom. The van der Waals surface area contributed by atoms with Crippen LogP contribution < -0.4 is 0 Å². The molecule has 0 aliphatic carbocycles. The largest absolute Gasteiger partial charge is 0.469 e. The van der Waals surface area contributed by atoms with E-state index in [4.69, 9.17) is 0 Å². The van der Waals surface area contributed by atoms with Crippen LogP contribution in [-0.2, 0) is 14.3 Å². The van der Waals surface area contributed by atoms with Crippen molar-refractivity contribution in [2.75, 3.05) is 27.2 Å². The van der Waals surface area contributed by atoms with Gasteiger partial charge in [-0.2, -0.15) is 0 Å². The molecular weight excluding hydrogens is 208 g/mol. The van der Waals surface area contributed by atoms with Gasteiger partial charge in [0.25, 0.3) is 0 Å². The van der Waals surface area contributed by atoms with Gasteiger partial charge in [0.2, 0.25) is 5.91 Å². The molecule has 0 aromatic rings. The van der Waals surface area contributed by atoms with Crippen molar-refractivity contribution in [1.29, 1.82) is 0 Å². The molecule has 5 heteroatoms. The molecule has 1 heterocycles. The van der Waals surface area contributed by atoms with Gasteiger partial charge in [0, 0.05) is 19.6 Å². The Labute approximate surface area is 96.3 Å². The summed E-state index contributed by atoms with van der Waals surface area (Å²) < 4.78 is 4.62. The normalized spacial score (nSPS) is 27.0. The van der Waals surface area contributed by atoms with Crippen molar-refractivity contribution in [2.45, 2.75) is 32.4 Å². The molecule has 16 heavy (non-hydrogen) atoms. The number of likely N-dealkylation sites (N-methyl/N-ethyl adjacent to an activating group) is 2. The first-order chi connectivity index (χ1) is 7.51. The molecule has 1 saturated heterocycles. The summed E-state index contributed by atoms with van der Waals surface area (Å²) in [5.41, 5.74) is 0. The summed E-state index contributed by atoms with van der Waals surface area (Å²) in [6.07, 6.45) is 0.139. The molecular formula is C11H20N2O3. The predicted molar refractivity (Wildman–Crippen MR) is 59.9 cm³/mol. The average molecular weight is 228 g/mol. The Hall–Kier alpha value is -1.10. The SMILES string of the molecule is CCN1CC(C)N(C)C(=O)C1CC(=O)OC. The van der Waals surface area contributed by atoms with E-state index in [2.05, 4.69) is 4.74 Å². The summed E-state index contributed by atoms with van der Waals surface area (Å²) in [7, 11) is 3.13. The van der Waals surface area contributed by atoms with E-state index < -0.39 is 0 Å². The molecule has 0 N–H and O–H groups in total. The minimum absolute atomic E-state index is 0.00556. The van der Waals surface area contributed by atoms with Gasteiger partial charge in [-0.1, -0.05) is 6.92 Å². The van der Waals surface area contributed by atoms with E-state index in [9.17, 15) is 9.59 Å². The second-order valence-electron chi connectivity index (χ2n) is 4.18. The van der Waals surface area contributed by atoms with E-state index >= 15 is 0 Å².